The van der Waals surface area contributed by atoms with Crippen molar-refractivity contribution in [3.63, 3.8) is 0 Å². The SMILES string of the molecule is COC(=O)CN(C(=O)/C=C/c1ccc(OCc2csc(C)n2)cc1)C(C)C. The first-order chi connectivity index (χ1) is 12.9. The van der Waals surface area contributed by atoms with Gasteiger partial charge in [0.05, 0.1) is 17.8 Å². The van der Waals surface area contributed by atoms with Crippen LogP contribution in [0.25, 0.3) is 6.08 Å². The van der Waals surface area contributed by atoms with E-state index in [0.29, 0.717) is 6.61 Å². The van der Waals surface area contributed by atoms with Gasteiger partial charge in [0.2, 0.25) is 5.91 Å². The molecule has 0 saturated carbocycles. The van der Waals surface area contributed by atoms with Crippen molar-refractivity contribution in [2.45, 2.75) is 33.4 Å². The molecule has 27 heavy (non-hydrogen) atoms. The molecule has 0 saturated heterocycles. The maximum absolute atomic E-state index is 12.3. The zero-order valence-corrected chi connectivity index (χ0v) is 16.8. The van der Waals surface area contributed by atoms with Crippen LogP contribution in [0.5, 0.6) is 5.75 Å². The van der Waals surface area contributed by atoms with Gasteiger partial charge in [-0.15, -0.1) is 11.3 Å². The van der Waals surface area contributed by atoms with Crippen LogP contribution in [0.2, 0.25) is 0 Å². The number of aromatic nitrogens is 1. The minimum Gasteiger partial charge on any atom is -0.487 e. The number of aryl methyl sites for hydroxylation is 1. The van der Waals surface area contributed by atoms with Gasteiger partial charge in [-0.05, 0) is 44.5 Å². The van der Waals surface area contributed by atoms with Crippen LogP contribution in [0, 0.1) is 6.92 Å². The molecule has 2 rings (SSSR count). The molecule has 0 bridgehead atoms. The molecule has 0 N–H and O–H groups in total. The Morgan fingerprint density at radius 1 is 1.26 bits per heavy atom. The molecule has 0 aliphatic carbocycles. The molecule has 0 spiro atoms. The van der Waals surface area contributed by atoms with E-state index in [2.05, 4.69) is 9.72 Å². The summed E-state index contributed by atoms with van der Waals surface area (Å²) in [5.74, 6) is 0.0514. The zero-order valence-electron chi connectivity index (χ0n) is 16.0. The zero-order chi connectivity index (χ0) is 19.8. The highest BCUT2D eigenvalue weighted by atomic mass is 32.1. The van der Waals surface area contributed by atoms with Crippen LogP contribution in [0.1, 0.15) is 30.1 Å². The van der Waals surface area contributed by atoms with Gasteiger partial charge < -0.3 is 14.4 Å². The molecular weight excluding hydrogens is 364 g/mol. The number of esters is 1. The number of thiazole rings is 1. The summed E-state index contributed by atoms with van der Waals surface area (Å²) in [6, 6.07) is 7.32. The predicted octanol–water partition coefficient (Wildman–Crippen LogP) is 3.45. The monoisotopic (exact) mass is 388 g/mol. The lowest BCUT2D eigenvalue weighted by molar-refractivity contribution is -0.146. The number of rotatable bonds is 8. The van der Waals surface area contributed by atoms with E-state index in [0.717, 1.165) is 22.0 Å². The first-order valence-electron chi connectivity index (χ1n) is 8.58. The molecule has 7 heteroatoms. The van der Waals surface area contributed by atoms with Crippen molar-refractivity contribution >= 4 is 29.3 Å². The molecule has 1 aromatic heterocycles. The minimum absolute atomic E-state index is 0.0692. The lowest BCUT2D eigenvalue weighted by Crippen LogP contribution is -2.40. The number of amides is 1. The van der Waals surface area contributed by atoms with E-state index in [1.165, 1.54) is 18.1 Å². The Hall–Kier alpha value is -2.67. The quantitative estimate of drug-likeness (QED) is 0.512. The third-order valence-corrected chi connectivity index (χ3v) is 4.61. The van der Waals surface area contributed by atoms with E-state index in [-0.39, 0.29) is 18.5 Å². The van der Waals surface area contributed by atoms with Crippen molar-refractivity contribution in [1.82, 2.24) is 9.88 Å². The second-order valence-electron chi connectivity index (χ2n) is 6.18. The Balaban J connectivity index is 1.93. The molecule has 0 aliphatic heterocycles. The van der Waals surface area contributed by atoms with Gasteiger partial charge in [-0.3, -0.25) is 9.59 Å². The van der Waals surface area contributed by atoms with Crippen molar-refractivity contribution in [3.8, 4) is 5.75 Å². The third kappa shape index (κ3) is 6.53. The fraction of sp³-hybridized carbons (Fsp3) is 0.350. The number of methoxy groups -OCH3 is 1. The molecule has 144 valence electrons. The number of hydrogen-bond donors (Lipinski definition) is 0. The first-order valence-corrected chi connectivity index (χ1v) is 9.46. The van der Waals surface area contributed by atoms with Gasteiger partial charge in [-0.25, -0.2) is 4.98 Å². The summed E-state index contributed by atoms with van der Waals surface area (Å²) in [6.07, 6.45) is 3.17. The van der Waals surface area contributed by atoms with Gasteiger partial charge in [-0.2, -0.15) is 0 Å². The van der Waals surface area contributed by atoms with E-state index in [4.69, 9.17) is 4.74 Å². The average Bonchev–Trinajstić information content (AvgIpc) is 3.08. The fourth-order valence-corrected chi connectivity index (χ4v) is 2.89. The summed E-state index contributed by atoms with van der Waals surface area (Å²) in [6.45, 7) is 6.02. The van der Waals surface area contributed by atoms with Crippen LogP contribution in [0.15, 0.2) is 35.7 Å². The average molecular weight is 388 g/mol. The van der Waals surface area contributed by atoms with E-state index in [1.54, 1.807) is 17.4 Å². The van der Waals surface area contributed by atoms with Crippen LogP contribution in [0.4, 0.5) is 0 Å². The molecule has 0 aliphatic rings. The highest BCUT2D eigenvalue weighted by Crippen LogP contribution is 2.16. The molecule has 0 atom stereocenters. The minimum atomic E-state index is -0.442. The van der Waals surface area contributed by atoms with Crippen LogP contribution in [0.3, 0.4) is 0 Å². The summed E-state index contributed by atoms with van der Waals surface area (Å²) in [5, 5.41) is 2.99. The molecule has 2 aromatic rings. The van der Waals surface area contributed by atoms with Crippen LogP contribution in [-0.2, 0) is 20.9 Å². The molecule has 1 heterocycles. The van der Waals surface area contributed by atoms with Crippen molar-refractivity contribution in [2.75, 3.05) is 13.7 Å². The Morgan fingerprint density at radius 2 is 1.96 bits per heavy atom. The maximum atomic E-state index is 12.3. The topological polar surface area (TPSA) is 68.7 Å². The fourth-order valence-electron chi connectivity index (χ4n) is 2.29. The standard InChI is InChI=1S/C20H24N2O4S/c1-14(2)22(11-20(24)25-4)19(23)10-7-16-5-8-18(9-6-16)26-12-17-13-27-15(3)21-17/h5-10,13-14H,11-12H2,1-4H3/b10-7+. The molecule has 0 radical (unpaired) electrons. The lowest BCUT2D eigenvalue weighted by Gasteiger charge is -2.24. The molecular formula is C20H24N2O4S. The van der Waals surface area contributed by atoms with Crippen LogP contribution in [-0.4, -0.2) is 41.5 Å². The van der Waals surface area contributed by atoms with E-state index in [1.807, 2.05) is 50.4 Å². The highest BCUT2D eigenvalue weighted by Gasteiger charge is 2.18. The molecule has 0 unspecified atom stereocenters. The van der Waals surface area contributed by atoms with Gasteiger partial charge >= 0.3 is 5.97 Å². The third-order valence-electron chi connectivity index (χ3n) is 3.79. The van der Waals surface area contributed by atoms with Crippen LogP contribution < -0.4 is 4.74 Å². The van der Waals surface area contributed by atoms with Gasteiger partial charge in [0.25, 0.3) is 0 Å². The maximum Gasteiger partial charge on any atom is 0.325 e. The first kappa shape index (κ1) is 20.6. The Bertz CT molecular complexity index is 797. The van der Waals surface area contributed by atoms with E-state index >= 15 is 0 Å². The number of carbonyl (C=O) groups excluding carboxylic acids is 2. The Labute approximate surface area is 163 Å². The van der Waals surface area contributed by atoms with Gasteiger partial charge in [-0.1, -0.05) is 12.1 Å². The van der Waals surface area contributed by atoms with Gasteiger partial charge in [0.15, 0.2) is 0 Å². The number of nitrogens with zero attached hydrogens (tertiary/aromatic N) is 2. The molecule has 6 nitrogen and oxygen atoms in total. The van der Waals surface area contributed by atoms with E-state index in [9.17, 15) is 9.59 Å². The largest absolute Gasteiger partial charge is 0.487 e. The summed E-state index contributed by atoms with van der Waals surface area (Å²) in [4.78, 5) is 29.6. The summed E-state index contributed by atoms with van der Waals surface area (Å²) < 4.78 is 10.3. The van der Waals surface area contributed by atoms with Crippen molar-refractivity contribution in [3.05, 3.63) is 52.0 Å². The summed E-state index contributed by atoms with van der Waals surface area (Å²) >= 11 is 1.60. The van der Waals surface area contributed by atoms with Crippen LogP contribution >= 0.6 is 11.3 Å². The van der Waals surface area contributed by atoms with Gasteiger partial charge in [0, 0.05) is 17.5 Å². The number of hydrogen-bond acceptors (Lipinski definition) is 6. The van der Waals surface area contributed by atoms with Crippen molar-refractivity contribution < 1.29 is 19.1 Å². The second-order valence-corrected chi connectivity index (χ2v) is 7.25. The number of carbonyl (C=O) groups is 2. The lowest BCUT2D eigenvalue weighted by atomic mass is 10.2. The van der Waals surface area contributed by atoms with E-state index < -0.39 is 5.97 Å². The second kappa shape index (κ2) is 9.87. The smallest absolute Gasteiger partial charge is 0.325 e. The Morgan fingerprint density at radius 3 is 2.52 bits per heavy atom. The Kier molecular flexibility index (Phi) is 7.55. The highest BCUT2D eigenvalue weighted by molar-refractivity contribution is 7.09. The predicted molar refractivity (Wildman–Crippen MR) is 106 cm³/mol. The molecule has 1 aromatic carbocycles. The van der Waals surface area contributed by atoms with Crippen molar-refractivity contribution in [2.24, 2.45) is 0 Å². The summed E-state index contributed by atoms with van der Waals surface area (Å²) in [5.41, 5.74) is 1.77. The molecule has 0 fully saturated rings. The number of benzene rings is 1. The number of ether oxygens (including phenoxy) is 2. The van der Waals surface area contributed by atoms with Crippen molar-refractivity contribution in [1.29, 1.82) is 0 Å². The molecule has 1 amide bonds. The normalized spacial score (nSPS) is 11.0. The van der Waals surface area contributed by atoms with Gasteiger partial charge in [0.1, 0.15) is 18.9 Å². The summed E-state index contributed by atoms with van der Waals surface area (Å²) in [7, 11) is 1.31.